The molecule has 2 rings (SSSR count). The molecule has 0 spiro atoms. The van der Waals surface area contributed by atoms with Gasteiger partial charge in [-0.3, -0.25) is 0 Å². The average Bonchev–Trinajstić information content (AvgIpc) is 2.88. The van der Waals surface area contributed by atoms with Gasteiger partial charge >= 0.3 is 5.97 Å². The van der Waals surface area contributed by atoms with E-state index in [9.17, 15) is 4.79 Å². The first kappa shape index (κ1) is 13.5. The molecule has 0 saturated heterocycles. The van der Waals surface area contributed by atoms with E-state index in [0.717, 1.165) is 12.1 Å². The Bertz CT molecular complexity index is 461. The molecule has 0 aromatic heterocycles. The lowest BCUT2D eigenvalue weighted by atomic mass is 10.1. The number of nitrogens with one attached hydrogen (secondary N) is 1. The quantitative estimate of drug-likeness (QED) is 0.778. The summed E-state index contributed by atoms with van der Waals surface area (Å²) in [5.41, 5.74) is 0.912. The minimum atomic E-state index is -0.424. The van der Waals surface area contributed by atoms with Crippen molar-refractivity contribution in [2.24, 2.45) is 0 Å². The first-order valence-corrected chi connectivity index (χ1v) is 6.07. The molecule has 0 fully saturated rings. The predicted molar refractivity (Wildman–Crippen MR) is 67.5 cm³/mol. The summed E-state index contributed by atoms with van der Waals surface area (Å²) in [6.07, 6.45) is 0. The average molecular weight is 267 g/mol. The smallest absolute Gasteiger partial charge is 0.343 e. The standard InChI is InChI=1S/C13H17NO5/c1-3-14-6-9-4-11-12(19-8-18-11)5-10(9)17-7-13(15)16-2/h4-5,14H,3,6-8H2,1-2H3. The van der Waals surface area contributed by atoms with Crippen molar-refractivity contribution in [3.8, 4) is 17.2 Å². The van der Waals surface area contributed by atoms with Crippen LogP contribution in [0.4, 0.5) is 0 Å². The normalized spacial score (nSPS) is 12.3. The Kier molecular flexibility index (Phi) is 4.46. The maximum Gasteiger partial charge on any atom is 0.343 e. The maximum absolute atomic E-state index is 11.1. The molecular formula is C13H17NO5. The predicted octanol–water partition coefficient (Wildman–Crippen LogP) is 1.08. The maximum atomic E-state index is 11.1. The third kappa shape index (κ3) is 3.29. The molecule has 0 unspecified atom stereocenters. The minimum Gasteiger partial charge on any atom is -0.481 e. The van der Waals surface area contributed by atoms with Gasteiger partial charge in [0.05, 0.1) is 7.11 Å². The van der Waals surface area contributed by atoms with Gasteiger partial charge in [0.25, 0.3) is 0 Å². The Morgan fingerprint density at radius 3 is 2.79 bits per heavy atom. The van der Waals surface area contributed by atoms with Crippen molar-refractivity contribution in [2.45, 2.75) is 13.5 Å². The summed E-state index contributed by atoms with van der Waals surface area (Å²) in [7, 11) is 1.32. The van der Waals surface area contributed by atoms with Crippen molar-refractivity contribution in [3.05, 3.63) is 17.7 Å². The summed E-state index contributed by atoms with van der Waals surface area (Å²) in [5.74, 6) is 1.49. The molecular weight excluding hydrogens is 250 g/mol. The van der Waals surface area contributed by atoms with Crippen LogP contribution in [0.5, 0.6) is 17.2 Å². The van der Waals surface area contributed by atoms with E-state index < -0.39 is 5.97 Å². The van der Waals surface area contributed by atoms with Crippen LogP contribution in [0.3, 0.4) is 0 Å². The van der Waals surface area contributed by atoms with E-state index in [1.54, 1.807) is 6.07 Å². The molecule has 0 aliphatic carbocycles. The Morgan fingerprint density at radius 1 is 1.37 bits per heavy atom. The Morgan fingerprint density at radius 2 is 2.11 bits per heavy atom. The van der Waals surface area contributed by atoms with Gasteiger partial charge in [0.2, 0.25) is 6.79 Å². The lowest BCUT2D eigenvalue weighted by Crippen LogP contribution is -2.16. The molecule has 1 aromatic carbocycles. The second-order valence-corrected chi connectivity index (χ2v) is 3.96. The van der Waals surface area contributed by atoms with E-state index in [4.69, 9.17) is 14.2 Å². The van der Waals surface area contributed by atoms with Gasteiger partial charge < -0.3 is 24.3 Å². The molecule has 6 heteroatoms. The molecule has 0 bridgehead atoms. The first-order chi connectivity index (χ1) is 9.24. The number of carbonyl (C=O) groups excluding carboxylic acids is 1. The van der Waals surface area contributed by atoms with Crippen LogP contribution < -0.4 is 19.5 Å². The highest BCUT2D eigenvalue weighted by atomic mass is 16.7. The van der Waals surface area contributed by atoms with Crippen LogP contribution in [0.1, 0.15) is 12.5 Å². The molecule has 1 aromatic rings. The zero-order chi connectivity index (χ0) is 13.7. The van der Waals surface area contributed by atoms with Crippen molar-refractivity contribution in [1.82, 2.24) is 5.32 Å². The Balaban J connectivity index is 2.15. The summed E-state index contributed by atoms with van der Waals surface area (Å²) in [6, 6.07) is 3.59. The fraction of sp³-hybridized carbons (Fsp3) is 0.462. The monoisotopic (exact) mass is 267 g/mol. The van der Waals surface area contributed by atoms with Crippen LogP contribution in [0.2, 0.25) is 0 Å². The van der Waals surface area contributed by atoms with Crippen molar-refractivity contribution in [2.75, 3.05) is 27.1 Å². The summed E-state index contributed by atoms with van der Waals surface area (Å²) in [6.45, 7) is 3.56. The highest BCUT2D eigenvalue weighted by Crippen LogP contribution is 2.38. The SMILES string of the molecule is CCNCc1cc2c(cc1OCC(=O)OC)OCO2. The van der Waals surface area contributed by atoms with Crippen molar-refractivity contribution < 1.29 is 23.7 Å². The zero-order valence-electron chi connectivity index (χ0n) is 11.0. The number of benzene rings is 1. The number of esters is 1. The van der Waals surface area contributed by atoms with Gasteiger partial charge in [-0.2, -0.15) is 0 Å². The van der Waals surface area contributed by atoms with Crippen LogP contribution in [0, 0.1) is 0 Å². The molecule has 0 radical (unpaired) electrons. The highest BCUT2D eigenvalue weighted by Gasteiger charge is 2.18. The molecule has 104 valence electrons. The molecule has 0 saturated carbocycles. The van der Waals surface area contributed by atoms with E-state index in [1.807, 2.05) is 13.0 Å². The number of hydrogen-bond donors (Lipinski definition) is 1. The third-order valence-electron chi connectivity index (χ3n) is 2.69. The van der Waals surface area contributed by atoms with Crippen molar-refractivity contribution >= 4 is 5.97 Å². The van der Waals surface area contributed by atoms with E-state index >= 15 is 0 Å². The lowest BCUT2D eigenvalue weighted by molar-refractivity contribution is -0.142. The third-order valence-corrected chi connectivity index (χ3v) is 2.69. The second-order valence-electron chi connectivity index (χ2n) is 3.96. The number of fused-ring (bicyclic) bond motifs is 1. The zero-order valence-corrected chi connectivity index (χ0v) is 11.0. The van der Waals surface area contributed by atoms with Crippen LogP contribution in [0.25, 0.3) is 0 Å². The largest absolute Gasteiger partial charge is 0.481 e. The summed E-state index contributed by atoms with van der Waals surface area (Å²) < 4.78 is 20.6. The van der Waals surface area contributed by atoms with Gasteiger partial charge in [0, 0.05) is 18.2 Å². The van der Waals surface area contributed by atoms with E-state index in [1.165, 1.54) is 7.11 Å². The van der Waals surface area contributed by atoms with E-state index in [-0.39, 0.29) is 13.4 Å². The number of rotatable bonds is 6. The van der Waals surface area contributed by atoms with Crippen molar-refractivity contribution in [1.29, 1.82) is 0 Å². The van der Waals surface area contributed by atoms with Gasteiger partial charge in [-0.05, 0) is 12.6 Å². The van der Waals surface area contributed by atoms with Gasteiger partial charge in [-0.15, -0.1) is 0 Å². The lowest BCUT2D eigenvalue weighted by Gasteiger charge is -2.12. The van der Waals surface area contributed by atoms with Gasteiger partial charge in [-0.1, -0.05) is 6.92 Å². The molecule has 0 atom stereocenters. The fourth-order valence-corrected chi connectivity index (χ4v) is 1.69. The molecule has 1 aliphatic rings. The highest BCUT2D eigenvalue weighted by molar-refractivity contribution is 5.71. The molecule has 1 aliphatic heterocycles. The summed E-state index contributed by atoms with van der Waals surface area (Å²) in [5, 5.41) is 3.21. The first-order valence-electron chi connectivity index (χ1n) is 6.07. The summed E-state index contributed by atoms with van der Waals surface area (Å²) in [4.78, 5) is 11.1. The fourth-order valence-electron chi connectivity index (χ4n) is 1.69. The Labute approximate surface area is 111 Å². The topological polar surface area (TPSA) is 66.0 Å². The van der Waals surface area contributed by atoms with E-state index in [2.05, 4.69) is 10.1 Å². The van der Waals surface area contributed by atoms with Crippen LogP contribution in [-0.2, 0) is 16.1 Å². The number of hydrogen-bond acceptors (Lipinski definition) is 6. The van der Waals surface area contributed by atoms with Crippen LogP contribution in [0.15, 0.2) is 12.1 Å². The number of carbonyl (C=O) groups is 1. The molecule has 19 heavy (non-hydrogen) atoms. The van der Waals surface area contributed by atoms with Gasteiger partial charge in [0.1, 0.15) is 5.75 Å². The number of methoxy groups -OCH3 is 1. The molecule has 0 amide bonds. The van der Waals surface area contributed by atoms with Gasteiger partial charge in [0.15, 0.2) is 18.1 Å². The molecule has 6 nitrogen and oxygen atoms in total. The molecule has 1 heterocycles. The summed E-state index contributed by atoms with van der Waals surface area (Å²) >= 11 is 0. The molecule has 1 N–H and O–H groups in total. The minimum absolute atomic E-state index is 0.130. The van der Waals surface area contributed by atoms with Gasteiger partial charge in [-0.25, -0.2) is 4.79 Å². The number of ether oxygens (including phenoxy) is 4. The second kappa shape index (κ2) is 6.29. The van der Waals surface area contributed by atoms with Crippen LogP contribution in [-0.4, -0.2) is 33.0 Å². The van der Waals surface area contributed by atoms with E-state index in [0.29, 0.717) is 23.8 Å². The Hall–Kier alpha value is -1.95. The van der Waals surface area contributed by atoms with Crippen molar-refractivity contribution in [3.63, 3.8) is 0 Å². The van der Waals surface area contributed by atoms with Crippen LogP contribution >= 0.6 is 0 Å².